The predicted molar refractivity (Wildman–Crippen MR) is 91.2 cm³/mol. The number of carbonyl (C=O) groups excluding carboxylic acids is 1. The third-order valence-electron chi connectivity index (χ3n) is 3.89. The van der Waals surface area contributed by atoms with Crippen LogP contribution in [0.4, 0.5) is 5.82 Å². The van der Waals surface area contributed by atoms with E-state index in [1.165, 1.54) is 23.0 Å². The van der Waals surface area contributed by atoms with Crippen molar-refractivity contribution in [3.8, 4) is 0 Å². The lowest BCUT2D eigenvalue weighted by molar-refractivity contribution is 0.104. The zero-order chi connectivity index (χ0) is 16.7. The molecule has 0 aliphatic carbocycles. The SMILES string of the molecule is CCCn1c2c(c(=O)n(C)c1=O)C(=O)C(=Cc1sccc1C)N2. The summed E-state index contributed by atoms with van der Waals surface area (Å²) in [6, 6.07) is 1.97. The van der Waals surface area contributed by atoms with Crippen LogP contribution in [-0.2, 0) is 13.6 Å². The largest absolute Gasteiger partial charge is 0.337 e. The van der Waals surface area contributed by atoms with Crippen LogP contribution in [0.15, 0.2) is 26.7 Å². The average molecular weight is 331 g/mol. The zero-order valence-corrected chi connectivity index (χ0v) is 14.0. The average Bonchev–Trinajstić information content (AvgIpc) is 3.07. The van der Waals surface area contributed by atoms with Gasteiger partial charge >= 0.3 is 5.69 Å². The Morgan fingerprint density at radius 3 is 2.65 bits per heavy atom. The maximum Gasteiger partial charge on any atom is 0.332 e. The van der Waals surface area contributed by atoms with E-state index in [0.717, 1.165) is 21.4 Å². The molecule has 2 aromatic heterocycles. The quantitative estimate of drug-likeness (QED) is 0.873. The second-order valence-electron chi connectivity index (χ2n) is 5.50. The summed E-state index contributed by atoms with van der Waals surface area (Å²) in [6.45, 7) is 4.34. The standard InChI is InChI=1S/C16H17N3O3S/c1-4-6-19-14-12(15(21)18(3)16(19)22)13(20)10(17-14)8-11-9(2)5-7-23-11/h5,7-8,17H,4,6H2,1-3H3. The van der Waals surface area contributed by atoms with Crippen molar-refractivity contribution in [2.45, 2.75) is 26.8 Å². The van der Waals surface area contributed by atoms with Crippen LogP contribution in [0.1, 0.15) is 34.1 Å². The molecule has 3 rings (SSSR count). The van der Waals surface area contributed by atoms with Gasteiger partial charge in [0.25, 0.3) is 5.56 Å². The minimum Gasteiger partial charge on any atom is -0.337 e. The number of anilines is 1. The molecule has 6 nitrogen and oxygen atoms in total. The highest BCUT2D eigenvalue weighted by Gasteiger charge is 2.32. The normalized spacial score (nSPS) is 15.1. The van der Waals surface area contributed by atoms with Gasteiger partial charge in [-0.3, -0.25) is 18.7 Å². The molecule has 0 atom stereocenters. The van der Waals surface area contributed by atoms with Crippen LogP contribution in [0.5, 0.6) is 0 Å². The van der Waals surface area contributed by atoms with Crippen LogP contribution < -0.4 is 16.6 Å². The lowest BCUT2D eigenvalue weighted by Crippen LogP contribution is -2.40. The minimum atomic E-state index is -0.554. The van der Waals surface area contributed by atoms with Gasteiger partial charge < -0.3 is 5.32 Å². The molecule has 0 fully saturated rings. The number of nitrogens with one attached hydrogen (secondary N) is 1. The first-order chi connectivity index (χ1) is 11.0. The molecule has 1 aliphatic rings. The number of fused-ring (bicyclic) bond motifs is 1. The van der Waals surface area contributed by atoms with E-state index in [-0.39, 0.29) is 11.3 Å². The van der Waals surface area contributed by atoms with E-state index >= 15 is 0 Å². The summed E-state index contributed by atoms with van der Waals surface area (Å²) in [6.07, 6.45) is 2.46. The van der Waals surface area contributed by atoms with Gasteiger partial charge in [0.15, 0.2) is 0 Å². The molecule has 2 aromatic rings. The van der Waals surface area contributed by atoms with Crippen molar-refractivity contribution in [3.05, 3.63) is 54.0 Å². The molecule has 0 saturated carbocycles. The van der Waals surface area contributed by atoms with Gasteiger partial charge in [-0.2, -0.15) is 0 Å². The predicted octanol–water partition coefficient (Wildman–Crippen LogP) is 1.98. The Hall–Kier alpha value is -2.41. The summed E-state index contributed by atoms with van der Waals surface area (Å²) >= 11 is 1.52. The van der Waals surface area contributed by atoms with Gasteiger partial charge in [-0.05, 0) is 36.4 Å². The highest BCUT2D eigenvalue weighted by atomic mass is 32.1. The lowest BCUT2D eigenvalue weighted by atomic mass is 10.1. The van der Waals surface area contributed by atoms with E-state index < -0.39 is 11.2 Å². The van der Waals surface area contributed by atoms with E-state index in [9.17, 15) is 14.4 Å². The molecule has 1 aliphatic heterocycles. The van der Waals surface area contributed by atoms with Gasteiger partial charge in [0.1, 0.15) is 11.4 Å². The van der Waals surface area contributed by atoms with Crippen molar-refractivity contribution in [3.63, 3.8) is 0 Å². The van der Waals surface area contributed by atoms with Gasteiger partial charge in [0.05, 0.1) is 5.70 Å². The van der Waals surface area contributed by atoms with Gasteiger partial charge in [0, 0.05) is 18.5 Å². The number of hydrogen-bond donors (Lipinski definition) is 1. The van der Waals surface area contributed by atoms with Crippen molar-refractivity contribution >= 4 is 29.0 Å². The molecule has 7 heteroatoms. The maximum atomic E-state index is 12.6. The number of hydrogen-bond acceptors (Lipinski definition) is 5. The Labute approximate surface area is 136 Å². The van der Waals surface area contributed by atoms with Crippen molar-refractivity contribution in [2.75, 3.05) is 5.32 Å². The summed E-state index contributed by atoms with van der Waals surface area (Å²) in [4.78, 5) is 38.2. The van der Waals surface area contributed by atoms with Crippen LogP contribution in [-0.4, -0.2) is 14.9 Å². The third-order valence-corrected chi connectivity index (χ3v) is 4.86. The molecule has 0 aromatic carbocycles. The Bertz CT molecular complexity index is 946. The highest BCUT2D eigenvalue weighted by molar-refractivity contribution is 7.11. The molecule has 1 N–H and O–H groups in total. The van der Waals surface area contributed by atoms with Crippen molar-refractivity contribution < 1.29 is 4.79 Å². The number of allylic oxidation sites excluding steroid dienone is 1. The summed E-state index contributed by atoms with van der Waals surface area (Å²) in [5.74, 6) is -0.0522. The van der Waals surface area contributed by atoms with Gasteiger partial charge in [-0.25, -0.2) is 4.79 Å². The minimum absolute atomic E-state index is 0.0426. The molecule has 0 amide bonds. The lowest BCUT2D eigenvalue weighted by Gasteiger charge is -2.11. The number of aryl methyl sites for hydroxylation is 1. The Morgan fingerprint density at radius 2 is 2.04 bits per heavy atom. The summed E-state index contributed by atoms with van der Waals surface area (Å²) in [7, 11) is 1.40. The summed E-state index contributed by atoms with van der Waals surface area (Å²) < 4.78 is 2.45. The smallest absolute Gasteiger partial charge is 0.332 e. The molecule has 0 bridgehead atoms. The van der Waals surface area contributed by atoms with E-state index in [4.69, 9.17) is 0 Å². The van der Waals surface area contributed by atoms with Crippen LogP contribution in [0.3, 0.4) is 0 Å². The monoisotopic (exact) mass is 331 g/mol. The number of aromatic nitrogens is 2. The van der Waals surface area contributed by atoms with Crippen LogP contribution in [0.25, 0.3) is 6.08 Å². The molecule has 0 unspecified atom stereocenters. The molecule has 0 spiro atoms. The Balaban J connectivity index is 2.20. The van der Waals surface area contributed by atoms with Crippen molar-refractivity contribution in [1.82, 2.24) is 9.13 Å². The number of nitrogens with zero attached hydrogens (tertiary/aromatic N) is 2. The van der Waals surface area contributed by atoms with E-state index in [0.29, 0.717) is 18.1 Å². The Morgan fingerprint density at radius 1 is 1.30 bits per heavy atom. The number of rotatable bonds is 3. The van der Waals surface area contributed by atoms with Crippen molar-refractivity contribution in [2.24, 2.45) is 7.05 Å². The van der Waals surface area contributed by atoms with Gasteiger partial charge in [-0.1, -0.05) is 6.92 Å². The highest BCUT2D eigenvalue weighted by Crippen LogP contribution is 2.28. The fraction of sp³-hybridized carbons (Fsp3) is 0.312. The maximum absolute atomic E-state index is 12.6. The van der Waals surface area contributed by atoms with Crippen molar-refractivity contribution in [1.29, 1.82) is 0 Å². The molecular formula is C16H17N3O3S. The number of ketones is 1. The number of thiophene rings is 1. The van der Waals surface area contributed by atoms with Crippen LogP contribution >= 0.6 is 11.3 Å². The number of carbonyl (C=O) groups is 1. The second-order valence-corrected chi connectivity index (χ2v) is 6.45. The fourth-order valence-corrected chi connectivity index (χ4v) is 3.48. The topological polar surface area (TPSA) is 73.1 Å². The van der Waals surface area contributed by atoms with Crippen LogP contribution in [0.2, 0.25) is 0 Å². The summed E-state index contributed by atoms with van der Waals surface area (Å²) in [5, 5.41) is 4.92. The van der Waals surface area contributed by atoms with E-state index in [1.807, 2.05) is 25.3 Å². The molecular weight excluding hydrogens is 314 g/mol. The number of Topliss-reactive ketones (excluding diaryl/α,β-unsaturated/α-hetero) is 1. The Kier molecular flexibility index (Phi) is 3.81. The van der Waals surface area contributed by atoms with Gasteiger partial charge in [0.2, 0.25) is 5.78 Å². The first kappa shape index (κ1) is 15.5. The van der Waals surface area contributed by atoms with Crippen LogP contribution in [0, 0.1) is 6.92 Å². The fourth-order valence-electron chi connectivity index (χ4n) is 2.62. The van der Waals surface area contributed by atoms with E-state index in [1.54, 1.807) is 6.08 Å². The van der Waals surface area contributed by atoms with E-state index in [2.05, 4.69) is 5.32 Å². The van der Waals surface area contributed by atoms with Gasteiger partial charge in [-0.15, -0.1) is 11.3 Å². The zero-order valence-electron chi connectivity index (χ0n) is 13.2. The first-order valence-electron chi connectivity index (χ1n) is 7.37. The molecule has 0 saturated heterocycles. The molecule has 23 heavy (non-hydrogen) atoms. The summed E-state index contributed by atoms with van der Waals surface area (Å²) in [5.41, 5.74) is 0.469. The molecule has 120 valence electrons. The molecule has 3 heterocycles. The first-order valence-corrected chi connectivity index (χ1v) is 8.25. The second kappa shape index (κ2) is 5.66. The molecule has 0 radical (unpaired) electrons. The third kappa shape index (κ3) is 2.37.